The summed E-state index contributed by atoms with van der Waals surface area (Å²) in [6.07, 6.45) is 3.56. The normalized spacial score (nSPS) is 16.7. The smallest absolute Gasteiger partial charge is 0.222 e. The lowest BCUT2D eigenvalue weighted by Crippen LogP contribution is -2.39. The minimum atomic E-state index is -0.297. The molecule has 1 saturated heterocycles. The lowest BCUT2D eigenvalue weighted by molar-refractivity contribution is -0.131. The number of rotatable bonds is 7. The molecule has 1 aliphatic heterocycles. The van der Waals surface area contributed by atoms with E-state index in [2.05, 4.69) is 34.3 Å². The molecule has 0 bridgehead atoms. The van der Waals surface area contributed by atoms with E-state index < -0.39 is 0 Å². The summed E-state index contributed by atoms with van der Waals surface area (Å²) in [5.41, 5.74) is 2.92. The Morgan fingerprint density at radius 2 is 1.97 bits per heavy atom. The molecule has 0 N–H and O–H groups in total. The highest BCUT2D eigenvalue weighted by atomic mass is 19.1. The molecular formula is C24H26FN3O2. The van der Waals surface area contributed by atoms with E-state index in [1.807, 2.05) is 18.0 Å². The number of benzene rings is 2. The average molecular weight is 407 g/mol. The van der Waals surface area contributed by atoms with Crippen LogP contribution in [0.5, 0.6) is 0 Å². The molecule has 156 valence electrons. The maximum Gasteiger partial charge on any atom is 0.222 e. The van der Waals surface area contributed by atoms with E-state index in [4.69, 9.17) is 4.52 Å². The molecule has 2 heterocycles. The number of nitrogens with zero attached hydrogens (tertiary/aromatic N) is 3. The number of likely N-dealkylation sites (tertiary alicyclic amines) is 1. The van der Waals surface area contributed by atoms with Gasteiger partial charge in [0.1, 0.15) is 5.82 Å². The zero-order valence-corrected chi connectivity index (χ0v) is 17.1. The second-order valence-electron chi connectivity index (χ2n) is 7.85. The van der Waals surface area contributed by atoms with Crippen LogP contribution in [-0.2, 0) is 17.8 Å². The lowest BCUT2D eigenvalue weighted by atomic mass is 10.0. The molecule has 0 aliphatic carbocycles. The van der Waals surface area contributed by atoms with Crippen molar-refractivity contribution in [3.05, 3.63) is 77.7 Å². The highest BCUT2D eigenvalue weighted by molar-refractivity contribution is 5.77. The van der Waals surface area contributed by atoms with Gasteiger partial charge in [-0.2, -0.15) is 0 Å². The number of aromatic nitrogens is 1. The molecule has 30 heavy (non-hydrogen) atoms. The Hall–Kier alpha value is -2.99. The fraction of sp³-hybridized carbons (Fsp3) is 0.333. The molecule has 1 atom stereocenters. The first-order valence-corrected chi connectivity index (χ1v) is 10.3. The van der Waals surface area contributed by atoms with E-state index in [0.717, 1.165) is 37.2 Å². The molecule has 5 nitrogen and oxygen atoms in total. The molecule has 1 fully saturated rings. The number of carbonyl (C=O) groups excluding carboxylic acids is 1. The van der Waals surface area contributed by atoms with Crippen molar-refractivity contribution >= 4 is 5.91 Å². The summed E-state index contributed by atoms with van der Waals surface area (Å²) >= 11 is 0. The van der Waals surface area contributed by atoms with Crippen LogP contribution in [0.25, 0.3) is 11.3 Å². The van der Waals surface area contributed by atoms with Crippen molar-refractivity contribution < 1.29 is 13.7 Å². The molecule has 0 saturated carbocycles. The molecule has 0 spiro atoms. The van der Waals surface area contributed by atoms with Crippen molar-refractivity contribution in [1.29, 1.82) is 0 Å². The molecule has 1 amide bonds. The number of hydrogen-bond donors (Lipinski definition) is 0. The molecular weight excluding hydrogens is 381 g/mol. The largest absolute Gasteiger partial charge is 0.356 e. The number of halogens is 1. The number of aryl methyl sites for hydroxylation is 1. The summed E-state index contributed by atoms with van der Waals surface area (Å²) in [5, 5.41) is 3.87. The van der Waals surface area contributed by atoms with Gasteiger partial charge in [0.15, 0.2) is 5.76 Å². The van der Waals surface area contributed by atoms with Gasteiger partial charge in [-0.25, -0.2) is 4.39 Å². The maximum atomic E-state index is 13.2. The lowest BCUT2D eigenvalue weighted by Gasteiger charge is -2.25. The topological polar surface area (TPSA) is 49.6 Å². The highest BCUT2D eigenvalue weighted by Crippen LogP contribution is 2.25. The van der Waals surface area contributed by atoms with Gasteiger partial charge in [0.25, 0.3) is 0 Å². The number of amides is 1. The second-order valence-corrected chi connectivity index (χ2v) is 7.85. The standard InChI is InChI=1S/C24H26FN3O2/c1-27(22-13-14-28(17-22)16-18-5-3-2-4-6-18)23(29)12-9-20-15-26-30-24(20)19-7-10-21(25)11-8-19/h2-8,10-11,15,22H,9,12-14,16-17H2,1H3. The fourth-order valence-corrected chi connectivity index (χ4v) is 4.01. The van der Waals surface area contributed by atoms with Crippen molar-refractivity contribution in [2.45, 2.75) is 31.8 Å². The molecule has 6 heteroatoms. The summed E-state index contributed by atoms with van der Waals surface area (Å²) in [6.45, 7) is 2.81. The van der Waals surface area contributed by atoms with Gasteiger partial charge < -0.3 is 9.42 Å². The van der Waals surface area contributed by atoms with Crippen LogP contribution >= 0.6 is 0 Å². The molecule has 1 aliphatic rings. The van der Waals surface area contributed by atoms with E-state index in [0.29, 0.717) is 18.6 Å². The Balaban J connectivity index is 1.31. The molecule has 2 aromatic carbocycles. The van der Waals surface area contributed by atoms with Crippen LogP contribution in [-0.4, -0.2) is 47.0 Å². The van der Waals surface area contributed by atoms with Gasteiger partial charge in [-0.1, -0.05) is 35.5 Å². The van der Waals surface area contributed by atoms with Gasteiger partial charge in [-0.05, 0) is 42.7 Å². The summed E-state index contributed by atoms with van der Waals surface area (Å²) in [7, 11) is 1.90. The van der Waals surface area contributed by atoms with Crippen molar-refractivity contribution in [2.75, 3.05) is 20.1 Å². The predicted octanol–water partition coefficient (Wildman–Crippen LogP) is 4.15. The van der Waals surface area contributed by atoms with Crippen molar-refractivity contribution in [1.82, 2.24) is 15.0 Å². The van der Waals surface area contributed by atoms with Crippen LogP contribution in [0.1, 0.15) is 24.0 Å². The van der Waals surface area contributed by atoms with Crippen LogP contribution in [0.4, 0.5) is 4.39 Å². The van der Waals surface area contributed by atoms with Gasteiger partial charge in [0.05, 0.1) is 6.20 Å². The Bertz CT molecular complexity index is 972. The number of likely N-dealkylation sites (N-methyl/N-ethyl adjacent to an activating group) is 1. The van der Waals surface area contributed by atoms with Gasteiger partial charge in [0.2, 0.25) is 5.91 Å². The van der Waals surface area contributed by atoms with Crippen molar-refractivity contribution in [2.24, 2.45) is 0 Å². The first-order valence-electron chi connectivity index (χ1n) is 10.3. The summed E-state index contributed by atoms with van der Waals surface area (Å²) in [6, 6.07) is 16.8. The Morgan fingerprint density at radius 3 is 2.73 bits per heavy atom. The second kappa shape index (κ2) is 9.22. The maximum absolute atomic E-state index is 13.2. The summed E-state index contributed by atoms with van der Waals surface area (Å²) in [5.74, 6) is 0.419. The van der Waals surface area contributed by atoms with E-state index in [9.17, 15) is 9.18 Å². The third kappa shape index (κ3) is 4.76. The van der Waals surface area contributed by atoms with E-state index >= 15 is 0 Å². The van der Waals surface area contributed by atoms with Crippen LogP contribution in [0, 0.1) is 5.82 Å². The first-order chi connectivity index (χ1) is 14.6. The zero-order valence-electron chi connectivity index (χ0n) is 17.1. The van der Waals surface area contributed by atoms with E-state index in [1.54, 1.807) is 18.3 Å². The SMILES string of the molecule is CN(C(=O)CCc1cnoc1-c1ccc(F)cc1)C1CCN(Cc2ccccc2)C1. The molecule has 0 radical (unpaired) electrons. The average Bonchev–Trinajstić information content (AvgIpc) is 3.42. The van der Waals surface area contributed by atoms with Gasteiger partial charge in [0, 0.05) is 50.3 Å². The van der Waals surface area contributed by atoms with Gasteiger partial charge in [-0.3, -0.25) is 9.69 Å². The first kappa shape index (κ1) is 20.3. The number of hydrogen-bond acceptors (Lipinski definition) is 4. The Morgan fingerprint density at radius 1 is 1.20 bits per heavy atom. The van der Waals surface area contributed by atoms with Crippen LogP contribution in [0.15, 0.2) is 65.3 Å². The van der Waals surface area contributed by atoms with Gasteiger partial charge >= 0.3 is 0 Å². The molecule has 1 aromatic heterocycles. The molecule has 3 aromatic rings. The Labute approximate surface area is 176 Å². The zero-order chi connectivity index (χ0) is 20.9. The molecule has 4 rings (SSSR count). The number of carbonyl (C=O) groups is 1. The summed E-state index contributed by atoms with van der Waals surface area (Å²) in [4.78, 5) is 17.1. The monoisotopic (exact) mass is 407 g/mol. The quantitative estimate of drug-likeness (QED) is 0.591. The Kier molecular flexibility index (Phi) is 6.23. The van der Waals surface area contributed by atoms with Crippen LogP contribution in [0.2, 0.25) is 0 Å². The summed E-state index contributed by atoms with van der Waals surface area (Å²) < 4.78 is 18.5. The van der Waals surface area contributed by atoms with Crippen molar-refractivity contribution in [3.63, 3.8) is 0 Å². The third-order valence-electron chi connectivity index (χ3n) is 5.80. The highest BCUT2D eigenvalue weighted by Gasteiger charge is 2.28. The van der Waals surface area contributed by atoms with E-state index in [1.165, 1.54) is 17.7 Å². The minimum Gasteiger partial charge on any atom is -0.356 e. The predicted molar refractivity (Wildman–Crippen MR) is 113 cm³/mol. The van der Waals surface area contributed by atoms with Crippen LogP contribution in [0.3, 0.4) is 0 Å². The van der Waals surface area contributed by atoms with Crippen molar-refractivity contribution in [3.8, 4) is 11.3 Å². The third-order valence-corrected chi connectivity index (χ3v) is 5.80. The van der Waals surface area contributed by atoms with E-state index in [-0.39, 0.29) is 17.8 Å². The van der Waals surface area contributed by atoms with Crippen LogP contribution < -0.4 is 0 Å². The van der Waals surface area contributed by atoms with Gasteiger partial charge in [-0.15, -0.1) is 0 Å². The fourth-order valence-electron chi connectivity index (χ4n) is 4.01. The minimum absolute atomic E-state index is 0.118. The molecule has 1 unspecified atom stereocenters.